The maximum Gasteiger partial charge on any atom is 0.246 e. The van der Waals surface area contributed by atoms with Gasteiger partial charge in [-0.2, -0.15) is 0 Å². The lowest BCUT2D eigenvalue weighted by atomic mass is 10.2. The van der Waals surface area contributed by atoms with E-state index in [0.29, 0.717) is 60.2 Å². The third-order valence-corrected chi connectivity index (χ3v) is 6.94. The van der Waals surface area contributed by atoms with Gasteiger partial charge >= 0.3 is 0 Å². The number of pyridine rings is 1. The molecule has 13 heteroatoms. The van der Waals surface area contributed by atoms with Gasteiger partial charge in [-0.15, -0.1) is 0 Å². The quantitative estimate of drug-likeness (QED) is 0.418. The molecule has 10 nitrogen and oxygen atoms in total. The summed E-state index contributed by atoms with van der Waals surface area (Å²) in [6.45, 7) is 5.49. The number of halogens is 3. The van der Waals surface area contributed by atoms with E-state index in [-0.39, 0.29) is 40.6 Å². The first kappa shape index (κ1) is 26.8. The highest BCUT2D eigenvalue weighted by Gasteiger charge is 2.29. The summed E-state index contributed by atoms with van der Waals surface area (Å²) in [7, 11) is 2.97. The molecular weight excluding hydrogens is 543 g/mol. The third-order valence-electron chi connectivity index (χ3n) is 6.00. The van der Waals surface area contributed by atoms with Crippen LogP contribution >= 0.6 is 34.8 Å². The average molecular weight is 568 g/mol. The van der Waals surface area contributed by atoms with Crippen LogP contribution in [0.3, 0.4) is 0 Å². The van der Waals surface area contributed by atoms with Crippen molar-refractivity contribution in [3.05, 3.63) is 46.1 Å². The average Bonchev–Trinajstić information content (AvgIpc) is 2.91. The number of rotatable bonds is 6. The Morgan fingerprint density at radius 2 is 1.70 bits per heavy atom. The number of carbonyl (C=O) groups is 2. The lowest BCUT2D eigenvalue weighted by molar-refractivity contribution is -0.136. The van der Waals surface area contributed by atoms with Crippen molar-refractivity contribution in [3.63, 3.8) is 0 Å². The van der Waals surface area contributed by atoms with Gasteiger partial charge in [-0.05, 0) is 18.2 Å². The topological polar surface area (TPSA) is 99.6 Å². The van der Waals surface area contributed by atoms with Crippen LogP contribution < -0.4 is 19.7 Å². The number of hydrogen-bond acceptors (Lipinski definition) is 7. The van der Waals surface area contributed by atoms with Gasteiger partial charge in [0.05, 0.1) is 33.0 Å². The molecule has 0 saturated carbocycles. The van der Waals surface area contributed by atoms with E-state index in [2.05, 4.69) is 21.9 Å². The number of amides is 2. The summed E-state index contributed by atoms with van der Waals surface area (Å²) in [4.78, 5) is 39.3. The van der Waals surface area contributed by atoms with Gasteiger partial charge in [0, 0.05) is 32.2 Å². The van der Waals surface area contributed by atoms with Gasteiger partial charge in [-0.1, -0.05) is 41.4 Å². The molecule has 1 N–H and O–H groups in total. The highest BCUT2D eigenvalue weighted by Crippen LogP contribution is 2.46. The first-order valence-electron chi connectivity index (χ1n) is 11.3. The number of nitrogens with zero attached hydrogens (tertiary/aromatic N) is 5. The number of aliphatic imine (C=N–C) groups is 1. The molecule has 3 heterocycles. The molecule has 0 radical (unpaired) electrons. The van der Waals surface area contributed by atoms with Crippen LogP contribution in [0.1, 0.15) is 0 Å². The normalized spacial score (nSPS) is 16.2. The number of hydrogen-bond donors (Lipinski definition) is 1. The predicted molar refractivity (Wildman–Crippen MR) is 145 cm³/mol. The molecule has 0 spiro atoms. The molecule has 2 aliphatic rings. The minimum absolute atomic E-state index is 0.0271. The lowest BCUT2D eigenvalue weighted by Gasteiger charge is -2.37. The number of fused-ring (bicyclic) bond motifs is 1. The number of methoxy groups -OCH3 is 2. The van der Waals surface area contributed by atoms with E-state index in [0.717, 1.165) is 0 Å². The second kappa shape index (κ2) is 11.5. The van der Waals surface area contributed by atoms with Crippen molar-refractivity contribution in [2.75, 3.05) is 63.7 Å². The fourth-order valence-corrected chi connectivity index (χ4v) is 4.81. The van der Waals surface area contributed by atoms with E-state index in [9.17, 15) is 9.59 Å². The maximum absolute atomic E-state index is 13.2. The van der Waals surface area contributed by atoms with Crippen molar-refractivity contribution in [2.45, 2.75) is 0 Å². The molecule has 2 aliphatic heterocycles. The molecule has 0 unspecified atom stereocenters. The molecular formula is C24H25Cl3N6O4. The van der Waals surface area contributed by atoms with Crippen LogP contribution in [0.15, 0.2) is 35.8 Å². The second-order valence-electron chi connectivity index (χ2n) is 8.21. The van der Waals surface area contributed by atoms with Crippen LogP contribution in [-0.2, 0) is 9.59 Å². The van der Waals surface area contributed by atoms with Crippen molar-refractivity contribution < 1.29 is 19.1 Å². The summed E-state index contributed by atoms with van der Waals surface area (Å²) >= 11 is 19.2. The standard InChI is InChI=1S/C24H25Cl3N6O4/c1-4-19(34)31-7-9-32(10-8-31)20(35)13-33-12-18(28-14-5-6-17(25)29-24(14)33)30-23-21(26)15(36-2)11-16(37-3)22(23)27/h4-6,11H,1,7-10,12-13H2,2-3H3,(H,28,30). The van der Waals surface area contributed by atoms with E-state index in [4.69, 9.17) is 44.3 Å². The van der Waals surface area contributed by atoms with Crippen molar-refractivity contribution >= 4 is 69.6 Å². The van der Waals surface area contributed by atoms with Gasteiger partial charge in [0.2, 0.25) is 11.8 Å². The zero-order chi connectivity index (χ0) is 26.7. The SMILES string of the molecule is C=CC(=O)N1CCN(C(=O)CN2CC(=Nc3c(Cl)c(OC)cc(OC)c3Cl)Nc3ccc(Cl)nc32)CC1. The zero-order valence-electron chi connectivity index (χ0n) is 20.3. The Kier molecular flexibility index (Phi) is 8.31. The Bertz CT molecular complexity index is 1240. The monoisotopic (exact) mass is 566 g/mol. The van der Waals surface area contributed by atoms with E-state index in [1.807, 2.05) is 0 Å². The number of anilines is 2. The number of amidine groups is 1. The largest absolute Gasteiger partial charge is 0.495 e. The summed E-state index contributed by atoms with van der Waals surface area (Å²) < 4.78 is 10.7. The summed E-state index contributed by atoms with van der Waals surface area (Å²) in [5.41, 5.74) is 0.882. The van der Waals surface area contributed by atoms with E-state index < -0.39 is 0 Å². The van der Waals surface area contributed by atoms with E-state index >= 15 is 0 Å². The Morgan fingerprint density at radius 1 is 1.08 bits per heavy atom. The van der Waals surface area contributed by atoms with Crippen LogP contribution in [0.4, 0.5) is 17.2 Å². The molecule has 1 fully saturated rings. The molecule has 2 aromatic rings. The minimum atomic E-state index is -0.144. The molecule has 0 atom stereocenters. The maximum atomic E-state index is 13.2. The van der Waals surface area contributed by atoms with Crippen molar-refractivity contribution in [1.29, 1.82) is 0 Å². The fourth-order valence-electron chi connectivity index (χ4n) is 4.08. The number of nitrogens with one attached hydrogen (secondary N) is 1. The van der Waals surface area contributed by atoms with Gasteiger partial charge < -0.3 is 29.5 Å². The molecule has 4 rings (SSSR count). The molecule has 196 valence electrons. The summed E-state index contributed by atoms with van der Waals surface area (Å²) in [5.74, 6) is 1.44. The number of aromatic nitrogens is 1. The molecule has 1 saturated heterocycles. The molecule has 0 bridgehead atoms. The number of benzene rings is 1. The summed E-state index contributed by atoms with van der Waals surface area (Å²) in [5, 5.41) is 3.95. The summed E-state index contributed by atoms with van der Waals surface area (Å²) in [6.07, 6.45) is 1.28. The van der Waals surface area contributed by atoms with Gasteiger partial charge in [-0.25, -0.2) is 9.98 Å². The Morgan fingerprint density at radius 3 is 2.30 bits per heavy atom. The predicted octanol–water partition coefficient (Wildman–Crippen LogP) is 3.88. The van der Waals surface area contributed by atoms with Crippen LogP contribution in [0.25, 0.3) is 0 Å². The van der Waals surface area contributed by atoms with Crippen LogP contribution in [0, 0.1) is 0 Å². The lowest BCUT2D eigenvalue weighted by Crippen LogP contribution is -2.53. The van der Waals surface area contributed by atoms with Crippen LogP contribution in [-0.4, -0.2) is 85.9 Å². The van der Waals surface area contributed by atoms with Gasteiger partial charge in [0.25, 0.3) is 0 Å². The van der Waals surface area contributed by atoms with Gasteiger partial charge in [0.15, 0.2) is 5.82 Å². The zero-order valence-corrected chi connectivity index (χ0v) is 22.5. The van der Waals surface area contributed by atoms with Gasteiger partial charge in [0.1, 0.15) is 38.2 Å². The number of piperazine rings is 1. The highest BCUT2D eigenvalue weighted by atomic mass is 35.5. The van der Waals surface area contributed by atoms with Crippen LogP contribution in [0.5, 0.6) is 11.5 Å². The Labute approximate surface area is 229 Å². The van der Waals surface area contributed by atoms with E-state index in [1.165, 1.54) is 20.3 Å². The van der Waals surface area contributed by atoms with Crippen LogP contribution in [0.2, 0.25) is 15.2 Å². The molecule has 2 amide bonds. The Balaban J connectivity index is 1.61. The van der Waals surface area contributed by atoms with Crippen molar-refractivity contribution in [1.82, 2.24) is 14.8 Å². The van der Waals surface area contributed by atoms with E-state index in [1.54, 1.807) is 32.9 Å². The fraction of sp³-hybridized carbons (Fsp3) is 0.333. The molecule has 37 heavy (non-hydrogen) atoms. The van der Waals surface area contributed by atoms with Crippen molar-refractivity contribution in [3.8, 4) is 11.5 Å². The second-order valence-corrected chi connectivity index (χ2v) is 9.36. The minimum Gasteiger partial charge on any atom is -0.495 e. The smallest absolute Gasteiger partial charge is 0.246 e. The number of carbonyl (C=O) groups excluding carboxylic acids is 2. The highest BCUT2D eigenvalue weighted by molar-refractivity contribution is 6.41. The molecule has 1 aromatic carbocycles. The van der Waals surface area contributed by atoms with Crippen molar-refractivity contribution in [2.24, 2.45) is 4.99 Å². The molecule has 0 aliphatic carbocycles. The first-order valence-corrected chi connectivity index (χ1v) is 12.4. The Hall–Kier alpha value is -3.21. The molecule has 1 aromatic heterocycles. The van der Waals surface area contributed by atoms with Gasteiger partial charge in [-0.3, -0.25) is 9.59 Å². The summed E-state index contributed by atoms with van der Waals surface area (Å²) in [6, 6.07) is 4.98. The third kappa shape index (κ3) is 5.71. The number of ether oxygens (including phenoxy) is 2. The first-order chi connectivity index (χ1) is 17.7.